The zero-order chi connectivity index (χ0) is 17.1. The topological polar surface area (TPSA) is 49.4 Å². The van der Waals surface area contributed by atoms with Gasteiger partial charge in [0.05, 0.1) is 6.54 Å². The van der Waals surface area contributed by atoms with Crippen molar-refractivity contribution >= 4 is 11.8 Å². The fourth-order valence-electron chi connectivity index (χ4n) is 2.92. The Morgan fingerprint density at radius 2 is 1.88 bits per heavy atom. The quantitative estimate of drug-likeness (QED) is 0.936. The number of nitrogens with one attached hydrogen (secondary N) is 1. The fraction of sp³-hybridized carbons (Fsp3) is 0.263. The maximum Gasteiger partial charge on any atom is 0.246 e. The van der Waals surface area contributed by atoms with Crippen molar-refractivity contribution in [2.75, 3.05) is 6.54 Å². The van der Waals surface area contributed by atoms with Crippen molar-refractivity contribution < 1.29 is 14.0 Å². The van der Waals surface area contributed by atoms with Crippen LogP contribution in [0.25, 0.3) is 0 Å². The van der Waals surface area contributed by atoms with E-state index < -0.39 is 6.04 Å². The Labute approximate surface area is 140 Å². The monoisotopic (exact) mass is 326 g/mol. The molecular formula is C19H19FN2O2. The highest BCUT2D eigenvalue weighted by atomic mass is 19.1. The van der Waals surface area contributed by atoms with Crippen molar-refractivity contribution in [3.8, 4) is 0 Å². The first kappa shape index (κ1) is 16.2. The van der Waals surface area contributed by atoms with Crippen molar-refractivity contribution in [1.82, 2.24) is 10.2 Å². The lowest BCUT2D eigenvalue weighted by atomic mass is 10.0. The van der Waals surface area contributed by atoms with Crippen LogP contribution in [-0.4, -0.2) is 29.3 Å². The third kappa shape index (κ3) is 3.62. The Morgan fingerprint density at radius 3 is 2.58 bits per heavy atom. The van der Waals surface area contributed by atoms with Gasteiger partial charge in [0.15, 0.2) is 0 Å². The van der Waals surface area contributed by atoms with E-state index in [2.05, 4.69) is 5.32 Å². The Hall–Kier alpha value is -2.69. The van der Waals surface area contributed by atoms with Crippen LogP contribution in [0.5, 0.6) is 0 Å². The first-order chi connectivity index (χ1) is 11.5. The van der Waals surface area contributed by atoms with E-state index >= 15 is 0 Å². The van der Waals surface area contributed by atoms with Gasteiger partial charge in [-0.05, 0) is 29.7 Å². The van der Waals surface area contributed by atoms with Crippen LogP contribution in [-0.2, 0) is 22.6 Å². The van der Waals surface area contributed by atoms with Crippen molar-refractivity contribution in [1.29, 1.82) is 0 Å². The van der Waals surface area contributed by atoms with Crippen LogP contribution < -0.4 is 5.32 Å². The molecule has 0 saturated carbocycles. The van der Waals surface area contributed by atoms with Gasteiger partial charge in [-0.2, -0.15) is 0 Å². The number of nitrogens with zero attached hydrogens (tertiary/aromatic N) is 1. The number of hydrogen-bond acceptors (Lipinski definition) is 2. The van der Waals surface area contributed by atoms with Crippen LogP contribution in [0.1, 0.15) is 16.7 Å². The molecule has 0 bridgehead atoms. The van der Waals surface area contributed by atoms with Crippen LogP contribution in [0, 0.1) is 12.7 Å². The smallest absolute Gasteiger partial charge is 0.246 e. The molecule has 1 N–H and O–H groups in total. The van der Waals surface area contributed by atoms with Crippen LogP contribution in [0.15, 0.2) is 48.5 Å². The predicted molar refractivity (Wildman–Crippen MR) is 88.6 cm³/mol. The van der Waals surface area contributed by atoms with Gasteiger partial charge in [-0.3, -0.25) is 9.59 Å². The average molecular weight is 326 g/mol. The van der Waals surface area contributed by atoms with Crippen molar-refractivity contribution in [3.05, 3.63) is 71.0 Å². The lowest BCUT2D eigenvalue weighted by molar-refractivity contribution is -0.144. The van der Waals surface area contributed by atoms with Gasteiger partial charge in [0.25, 0.3) is 0 Å². The number of piperazine rings is 1. The minimum absolute atomic E-state index is 0.0622. The lowest BCUT2D eigenvalue weighted by Gasteiger charge is -2.32. The first-order valence-corrected chi connectivity index (χ1v) is 7.90. The number of amides is 2. The Bertz CT molecular complexity index is 761. The van der Waals surface area contributed by atoms with E-state index in [-0.39, 0.29) is 24.2 Å². The van der Waals surface area contributed by atoms with E-state index in [4.69, 9.17) is 0 Å². The first-order valence-electron chi connectivity index (χ1n) is 7.90. The highest BCUT2D eigenvalue weighted by Gasteiger charge is 2.32. The number of benzene rings is 2. The van der Waals surface area contributed by atoms with Crippen molar-refractivity contribution in [2.24, 2.45) is 0 Å². The van der Waals surface area contributed by atoms with Gasteiger partial charge < -0.3 is 10.2 Å². The number of carbonyl (C=O) groups excluding carboxylic acids is 2. The SMILES string of the molecule is Cc1cc(C[C@H]2NC(=O)CN(Cc3ccccc3)C2=O)ccc1F. The molecule has 1 aliphatic rings. The molecule has 2 aromatic rings. The average Bonchev–Trinajstić information content (AvgIpc) is 2.56. The number of aryl methyl sites for hydroxylation is 1. The van der Waals surface area contributed by atoms with Gasteiger partial charge in [0, 0.05) is 13.0 Å². The van der Waals surface area contributed by atoms with Crippen LogP contribution >= 0.6 is 0 Å². The fourth-order valence-corrected chi connectivity index (χ4v) is 2.92. The second-order valence-electron chi connectivity index (χ2n) is 6.09. The van der Waals surface area contributed by atoms with Crippen LogP contribution in [0.4, 0.5) is 4.39 Å². The van der Waals surface area contributed by atoms with Crippen LogP contribution in [0.3, 0.4) is 0 Å². The van der Waals surface area contributed by atoms with Gasteiger partial charge >= 0.3 is 0 Å². The lowest BCUT2D eigenvalue weighted by Crippen LogP contribution is -2.58. The summed E-state index contributed by atoms with van der Waals surface area (Å²) >= 11 is 0. The molecule has 0 spiro atoms. The summed E-state index contributed by atoms with van der Waals surface area (Å²) in [6.07, 6.45) is 0.358. The van der Waals surface area contributed by atoms with Crippen molar-refractivity contribution in [2.45, 2.75) is 25.9 Å². The molecule has 1 saturated heterocycles. The number of rotatable bonds is 4. The maximum atomic E-state index is 13.4. The number of halogens is 1. The minimum Gasteiger partial charge on any atom is -0.342 e. The van der Waals surface area contributed by atoms with Gasteiger partial charge in [-0.1, -0.05) is 42.5 Å². The summed E-state index contributed by atoms with van der Waals surface area (Å²) in [6.45, 7) is 2.15. The van der Waals surface area contributed by atoms with E-state index in [0.717, 1.165) is 11.1 Å². The Balaban J connectivity index is 1.74. The zero-order valence-corrected chi connectivity index (χ0v) is 13.5. The molecule has 4 nitrogen and oxygen atoms in total. The highest BCUT2D eigenvalue weighted by Crippen LogP contribution is 2.15. The third-order valence-corrected chi connectivity index (χ3v) is 4.16. The molecule has 1 aliphatic heterocycles. The highest BCUT2D eigenvalue weighted by molar-refractivity contribution is 5.95. The zero-order valence-electron chi connectivity index (χ0n) is 13.5. The second-order valence-corrected chi connectivity index (χ2v) is 6.09. The van der Waals surface area contributed by atoms with E-state index in [1.807, 2.05) is 30.3 Å². The molecule has 3 rings (SSSR count). The molecule has 2 aromatic carbocycles. The minimum atomic E-state index is -0.611. The largest absolute Gasteiger partial charge is 0.342 e. The summed E-state index contributed by atoms with van der Waals surface area (Å²) in [6, 6.07) is 13.7. The normalized spacial score (nSPS) is 17.8. The predicted octanol–water partition coefficient (Wildman–Crippen LogP) is 2.20. The van der Waals surface area contributed by atoms with Gasteiger partial charge in [-0.15, -0.1) is 0 Å². The summed E-state index contributed by atoms with van der Waals surface area (Å²) in [4.78, 5) is 26.2. The molecule has 0 unspecified atom stereocenters. The molecule has 0 aliphatic carbocycles. The van der Waals surface area contributed by atoms with E-state index in [1.54, 1.807) is 24.0 Å². The Morgan fingerprint density at radius 1 is 1.12 bits per heavy atom. The summed E-state index contributed by atoms with van der Waals surface area (Å²) in [5, 5.41) is 2.74. The van der Waals surface area contributed by atoms with Gasteiger partial charge in [0.2, 0.25) is 11.8 Å². The van der Waals surface area contributed by atoms with E-state index in [0.29, 0.717) is 18.5 Å². The maximum absolute atomic E-state index is 13.4. The summed E-state index contributed by atoms with van der Waals surface area (Å²) < 4.78 is 13.4. The molecule has 2 amide bonds. The van der Waals surface area contributed by atoms with E-state index in [1.165, 1.54) is 6.07 Å². The molecule has 0 aromatic heterocycles. The molecule has 1 fully saturated rings. The Kier molecular flexibility index (Phi) is 4.60. The van der Waals surface area contributed by atoms with Crippen molar-refractivity contribution in [3.63, 3.8) is 0 Å². The summed E-state index contributed by atoms with van der Waals surface area (Å²) in [5.74, 6) is -0.557. The molecular weight excluding hydrogens is 307 g/mol. The van der Waals surface area contributed by atoms with Crippen LogP contribution in [0.2, 0.25) is 0 Å². The van der Waals surface area contributed by atoms with E-state index in [9.17, 15) is 14.0 Å². The molecule has 1 atom stereocenters. The molecule has 124 valence electrons. The summed E-state index contributed by atoms with van der Waals surface area (Å²) in [5.41, 5.74) is 2.34. The van der Waals surface area contributed by atoms with Gasteiger partial charge in [-0.25, -0.2) is 4.39 Å². The third-order valence-electron chi connectivity index (χ3n) is 4.16. The summed E-state index contributed by atoms with van der Waals surface area (Å²) in [7, 11) is 0. The molecule has 0 radical (unpaired) electrons. The second kappa shape index (κ2) is 6.83. The standard InChI is InChI=1S/C19H19FN2O2/c1-13-9-15(7-8-16(13)20)10-17-19(24)22(12-18(23)21-17)11-14-5-3-2-4-6-14/h2-9,17H,10-12H2,1H3,(H,21,23)/t17-/m1/s1. The molecule has 1 heterocycles. The molecule has 24 heavy (non-hydrogen) atoms. The molecule has 5 heteroatoms. The van der Waals surface area contributed by atoms with Gasteiger partial charge in [0.1, 0.15) is 11.9 Å². The number of carbonyl (C=O) groups is 2. The number of hydrogen-bond donors (Lipinski definition) is 1.